The molecular weight excluding hydrogens is 1450 g/mol. The molecule has 7 aromatic rings. The van der Waals surface area contributed by atoms with E-state index in [4.69, 9.17) is 69.9 Å². The van der Waals surface area contributed by atoms with Crippen LogP contribution in [0.25, 0.3) is 42.4 Å². The second-order valence-electron chi connectivity index (χ2n) is 18.6. The van der Waals surface area contributed by atoms with Gasteiger partial charge in [0, 0.05) is 107 Å². The van der Waals surface area contributed by atoms with Gasteiger partial charge in [0.2, 0.25) is 0 Å². The average Bonchev–Trinajstić information content (AvgIpc) is 0.788. The molecule has 1 aliphatic rings. The van der Waals surface area contributed by atoms with E-state index in [-0.39, 0.29) is 42.6 Å². The Morgan fingerprint density at radius 3 is 1.38 bits per heavy atom. The summed E-state index contributed by atoms with van der Waals surface area (Å²) in [7, 11) is 17.9. The summed E-state index contributed by atoms with van der Waals surface area (Å²) in [5, 5.41) is 48.2. The highest BCUT2D eigenvalue weighted by Gasteiger charge is 2.19. The van der Waals surface area contributed by atoms with Gasteiger partial charge >= 0.3 is 35.8 Å². The van der Waals surface area contributed by atoms with E-state index in [0.717, 1.165) is 51.7 Å². The number of aromatic carboxylic acids is 1. The zero-order valence-electron chi connectivity index (χ0n) is 58.3. The predicted molar refractivity (Wildman–Crippen MR) is 392 cm³/mol. The largest absolute Gasteiger partial charge is 0.482 e. The molecule has 0 radical (unpaired) electrons. The molecule has 0 spiro atoms. The number of carboxylic acid groups (broad SMARTS) is 3. The lowest BCUT2D eigenvalue weighted by molar-refractivity contribution is -0.146. The van der Waals surface area contributed by atoms with E-state index in [1.165, 1.54) is 32.7 Å². The van der Waals surface area contributed by atoms with Crippen LogP contribution in [0.5, 0.6) is 11.5 Å². The number of hydrogen-bond donors (Lipinski definition) is 6. The minimum Gasteiger partial charge on any atom is -0.482 e. The van der Waals surface area contributed by atoms with Gasteiger partial charge in [-0.25, -0.2) is 28.8 Å². The van der Waals surface area contributed by atoms with E-state index in [2.05, 4.69) is 20.3 Å². The van der Waals surface area contributed by atoms with Gasteiger partial charge < -0.3 is 92.5 Å². The Morgan fingerprint density at radius 1 is 0.495 bits per heavy atom. The number of fused-ring (bicyclic) bond motifs is 4. The van der Waals surface area contributed by atoms with Crippen LogP contribution in [0, 0.1) is 6.08 Å². The van der Waals surface area contributed by atoms with Crippen molar-refractivity contribution in [2.24, 2.45) is 0 Å². The molecule has 30 heteroatoms. The van der Waals surface area contributed by atoms with E-state index < -0.39 is 30.5 Å². The van der Waals surface area contributed by atoms with Crippen LogP contribution in [0.2, 0.25) is 0 Å². The number of nitrogens with zero attached hydrogens (tertiary/aromatic N) is 2. The van der Waals surface area contributed by atoms with Crippen LogP contribution in [-0.2, 0) is 61.8 Å². The summed E-state index contributed by atoms with van der Waals surface area (Å²) in [5.74, 6) is -3.19. The monoisotopic (exact) mass is 1540 g/mol. The summed E-state index contributed by atoms with van der Waals surface area (Å²) in [4.78, 5) is 93.7. The molecule has 99 heavy (non-hydrogen) atoms. The molecule has 27 nitrogen and oxygen atoms in total. The summed E-state index contributed by atoms with van der Waals surface area (Å²) in [6, 6.07) is 31.8. The minimum absolute atomic E-state index is 0.0237. The van der Waals surface area contributed by atoms with Crippen molar-refractivity contribution in [3.63, 3.8) is 0 Å². The lowest BCUT2D eigenvalue weighted by atomic mass is 10.1. The molecule has 0 bridgehead atoms. The van der Waals surface area contributed by atoms with Crippen molar-refractivity contribution in [3.8, 4) is 11.5 Å². The number of carbonyl (C=O) groups is 6. The van der Waals surface area contributed by atoms with Gasteiger partial charge in [-0.05, 0) is 102 Å². The Kier molecular flexibility index (Phi) is 52.3. The lowest BCUT2D eigenvalue weighted by Gasteiger charge is -2.11. The Bertz CT molecular complexity index is 3650. The van der Waals surface area contributed by atoms with Gasteiger partial charge in [0.15, 0.2) is 29.1 Å². The number of halogens is 1. The van der Waals surface area contributed by atoms with Crippen molar-refractivity contribution >= 4 is 135 Å². The highest BCUT2D eigenvalue weighted by Crippen LogP contribution is 2.29. The van der Waals surface area contributed by atoms with Crippen LogP contribution in [0.4, 0.5) is 11.4 Å². The maximum absolute atomic E-state index is 12.5. The average molecular weight is 1540 g/mol. The Labute approximate surface area is 598 Å². The third-order valence-corrected chi connectivity index (χ3v) is 14.0. The summed E-state index contributed by atoms with van der Waals surface area (Å²) >= 11 is 5.02. The Morgan fingerprint density at radius 2 is 0.919 bits per heavy atom. The number of allylic oxidation sites excluding steroid dienone is 2. The van der Waals surface area contributed by atoms with Crippen molar-refractivity contribution in [3.05, 3.63) is 163 Å². The van der Waals surface area contributed by atoms with Crippen molar-refractivity contribution in [2.75, 3.05) is 179 Å². The molecule has 2 heterocycles. The van der Waals surface area contributed by atoms with E-state index in [1.807, 2.05) is 109 Å². The number of anilines is 2. The molecule has 2 aromatic heterocycles. The third-order valence-electron chi connectivity index (χ3n) is 11.7. The molecule has 0 atom stereocenters. The first-order valence-electron chi connectivity index (χ1n) is 29.8. The number of hydrogen-bond acceptors (Lipinski definition) is 26. The first-order valence-corrected chi connectivity index (χ1v) is 32.2. The number of benzene rings is 5. The SMILES string of the molecule is CN(C)c1ccc(C(=O)O)cc1.CO.CO.CO.COC(=O)COc1ccc2sc3ccccc3c(=O)c2c1.COC(=O)c1ccc(N(C)C)cc1.COCCOCCOCC(=O)O.COCCOCCOCC(=O)OC.O=C(O)COc1ccc2sc3c(c(=O)c2c1)C=[C+]C=C3.[2H]CI. The van der Waals surface area contributed by atoms with Gasteiger partial charge in [-0.3, -0.25) is 9.59 Å². The minimum atomic E-state index is -1.05. The summed E-state index contributed by atoms with van der Waals surface area (Å²) in [6.45, 7) is 2.81. The molecule has 0 saturated carbocycles. The molecule has 5 aromatic carbocycles. The van der Waals surface area contributed by atoms with Gasteiger partial charge in [-0.2, -0.15) is 0 Å². The quantitative estimate of drug-likeness (QED) is 0.00568. The number of methoxy groups -OCH3 is 5. The second kappa shape index (κ2) is 57.3. The fourth-order valence-electron chi connectivity index (χ4n) is 7.04. The molecule has 0 amide bonds. The number of carbonyl (C=O) groups excluding carboxylic acids is 3. The van der Waals surface area contributed by atoms with E-state index >= 15 is 0 Å². The first kappa shape index (κ1) is 90.4. The van der Waals surface area contributed by atoms with Crippen LogP contribution < -0.4 is 30.1 Å². The van der Waals surface area contributed by atoms with E-state index in [1.54, 1.807) is 104 Å². The van der Waals surface area contributed by atoms with Crippen molar-refractivity contribution in [2.45, 2.75) is 0 Å². The second-order valence-corrected chi connectivity index (χ2v) is 20.8. The molecule has 8 rings (SSSR count). The smallest absolute Gasteiger partial charge is 0.343 e. The van der Waals surface area contributed by atoms with Gasteiger partial charge in [-0.1, -0.05) is 34.7 Å². The van der Waals surface area contributed by atoms with E-state index in [0.29, 0.717) is 102 Å². The van der Waals surface area contributed by atoms with Crippen LogP contribution in [0.1, 0.15) is 32.5 Å². The first-order chi connectivity index (χ1) is 48.1. The van der Waals surface area contributed by atoms with Crippen LogP contribution in [0.3, 0.4) is 0 Å². The highest BCUT2D eigenvalue weighted by molar-refractivity contribution is 14.1. The van der Waals surface area contributed by atoms with Crippen LogP contribution >= 0.6 is 45.3 Å². The summed E-state index contributed by atoms with van der Waals surface area (Å²) in [5.41, 5.74) is 3.45. The van der Waals surface area contributed by atoms with Gasteiger partial charge in [0.1, 0.15) is 36.9 Å². The maximum atomic E-state index is 12.5. The number of carboxylic acids is 3. The number of aliphatic hydroxyl groups excluding tert-OH is 3. The normalized spacial score (nSPS) is 10.0. The van der Waals surface area contributed by atoms with Gasteiger partial charge in [0.25, 0.3) is 5.43 Å². The number of esters is 3. The third kappa shape index (κ3) is 38.4. The number of rotatable bonds is 26. The Balaban J connectivity index is 0. The van der Waals surface area contributed by atoms with Crippen LogP contribution in [0.15, 0.2) is 125 Å². The number of ether oxygens (including phenoxy) is 11. The fourth-order valence-corrected chi connectivity index (χ4v) is 9.13. The molecule has 6 N–H and O–H groups in total. The molecule has 0 saturated heterocycles. The molecule has 0 aliphatic heterocycles. The van der Waals surface area contributed by atoms with Crippen molar-refractivity contribution < 1.29 is 113 Å². The maximum Gasteiger partial charge on any atom is 0.343 e. The van der Waals surface area contributed by atoms with Gasteiger partial charge in [-0.15, -0.1) is 22.7 Å². The molecule has 1 aliphatic carbocycles. The fraction of sp³-hybridized carbons (Fsp3) is 0.362. The summed E-state index contributed by atoms with van der Waals surface area (Å²) in [6.07, 6.45) is 8.19. The number of aliphatic hydroxyl groups is 3. The van der Waals surface area contributed by atoms with Crippen molar-refractivity contribution in [1.82, 2.24) is 0 Å². The Hall–Kier alpha value is -8.60. The molecule has 0 unspecified atom stereocenters. The van der Waals surface area contributed by atoms with Crippen LogP contribution in [-0.4, -0.2) is 236 Å². The van der Waals surface area contributed by atoms with Gasteiger partial charge in [0.05, 0.1) is 96.8 Å². The number of aliphatic carboxylic acids is 2. The molecule has 544 valence electrons. The number of alkyl halides is 1. The topological polar surface area (TPSA) is 366 Å². The van der Waals surface area contributed by atoms with E-state index in [9.17, 15) is 38.4 Å². The predicted octanol–water partition coefficient (Wildman–Crippen LogP) is 7.99. The van der Waals surface area contributed by atoms with Crippen molar-refractivity contribution in [1.29, 1.82) is 0 Å². The highest BCUT2D eigenvalue weighted by atomic mass is 127. The standard InChI is InChI=1S/C16H12O4S.C15H8O4S.C10H13NO2.C9H11NO2.C8H16O5.C7H14O5.CH3I.3CH4O/c1-19-15(17)9-20-10-6-7-14-12(8-10)16(18)11-4-2-3-5-13(11)21-14;16-14(17)8-19-9-5-6-13-11(7-9)15(18)10-3-1-2-4-12(10)20-13;1-11(2)9-6-4-8(5-7-9)10(12)13-3;1-10(2)8-5-3-7(4-6-8)9(11)12;1-10-3-4-12-5-6-13-7-8(9)11-2;1-10-2-3-11-4-5-12-6-7(8)9;4*1-2/h2-8H,9H2,1H3;2-7H,8H2;4-7H,1-3H3;3-6H,1-2H3,(H,11,12);3-7H2,1-2H3;2-6H2,1H3,(H,8,9);1H3;3*2H,1H3/p+1/i;;;;;;1D;;;. The molecule has 0 fully saturated rings. The zero-order chi connectivity index (χ0) is 75.8. The zero-order valence-corrected chi connectivity index (χ0v) is 61.1. The lowest BCUT2D eigenvalue weighted by Crippen LogP contribution is -2.14. The summed E-state index contributed by atoms with van der Waals surface area (Å²) < 4.78 is 62.0. The molecular formula is C69H90IN2O25S2+.